The lowest BCUT2D eigenvalue weighted by Crippen LogP contribution is -2.37. The molecule has 1 aliphatic carbocycles. The van der Waals surface area contributed by atoms with E-state index in [1.54, 1.807) is 12.4 Å². The molecule has 1 aliphatic rings. The van der Waals surface area contributed by atoms with Gasteiger partial charge in [0, 0.05) is 35.9 Å². The number of pyridine rings is 2. The summed E-state index contributed by atoms with van der Waals surface area (Å²) in [6.07, 6.45) is 6.58. The van der Waals surface area contributed by atoms with E-state index in [4.69, 9.17) is 9.47 Å². The highest BCUT2D eigenvalue weighted by Crippen LogP contribution is 2.38. The van der Waals surface area contributed by atoms with Gasteiger partial charge in [0.15, 0.2) is 0 Å². The lowest BCUT2D eigenvalue weighted by atomic mass is 10.1. The molecule has 170 valence electrons. The highest BCUT2D eigenvalue weighted by Gasteiger charge is 2.27. The Labute approximate surface area is 187 Å². The quantitative estimate of drug-likeness (QED) is 0.417. The number of alkyl carbamates (subject to hydrolysis) is 1. The Hall–Kier alpha value is -3.09. The number of nitrogens with zero attached hydrogens (tertiary/aromatic N) is 2. The molecule has 1 atom stereocenters. The van der Waals surface area contributed by atoms with Crippen molar-refractivity contribution in [1.29, 1.82) is 0 Å². The Bertz CT molecular complexity index is 1190. The Morgan fingerprint density at radius 1 is 1.22 bits per heavy atom. The zero-order valence-electron chi connectivity index (χ0n) is 19.2. The number of carbonyl (C=O) groups excluding carboxylic acids is 1. The molecule has 0 bridgehead atoms. The minimum absolute atomic E-state index is 0.00919. The van der Waals surface area contributed by atoms with E-state index >= 15 is 0 Å². The monoisotopic (exact) mass is 437 g/mol. The van der Waals surface area contributed by atoms with E-state index in [-0.39, 0.29) is 17.6 Å². The van der Waals surface area contributed by atoms with E-state index in [0.717, 1.165) is 47.7 Å². The Morgan fingerprint density at radius 3 is 2.72 bits per heavy atom. The van der Waals surface area contributed by atoms with Crippen LogP contribution in [0.4, 0.5) is 4.79 Å². The van der Waals surface area contributed by atoms with Crippen LogP contribution >= 0.6 is 0 Å². The average molecular weight is 438 g/mol. The molecule has 0 spiro atoms. The highest BCUT2D eigenvalue weighted by molar-refractivity contribution is 6.05. The van der Waals surface area contributed by atoms with Gasteiger partial charge in [-0.15, -0.1) is 0 Å². The largest absolute Gasteiger partial charge is 0.494 e. The van der Waals surface area contributed by atoms with Crippen molar-refractivity contribution < 1.29 is 14.3 Å². The molecule has 0 aliphatic heterocycles. The third kappa shape index (κ3) is 5.03. The lowest BCUT2D eigenvalue weighted by molar-refractivity contribution is 0.0505. The van der Waals surface area contributed by atoms with Crippen molar-refractivity contribution in [3.05, 3.63) is 47.0 Å². The molecule has 1 aromatic carbocycles. The molecule has 1 amide bonds. The Morgan fingerprint density at radius 2 is 2.00 bits per heavy atom. The highest BCUT2D eigenvalue weighted by atomic mass is 16.6. The van der Waals surface area contributed by atoms with Gasteiger partial charge in [0.2, 0.25) is 0 Å². The summed E-state index contributed by atoms with van der Waals surface area (Å²) in [5, 5.41) is 5.47. The minimum atomic E-state index is -0.508. The van der Waals surface area contributed by atoms with E-state index in [1.807, 2.05) is 56.5 Å². The molecule has 2 heterocycles. The van der Waals surface area contributed by atoms with Crippen LogP contribution < -0.4 is 15.6 Å². The molecule has 3 aromatic rings. The van der Waals surface area contributed by atoms with Crippen LogP contribution in [0, 0.1) is 0 Å². The fraction of sp³-hybridized carbons (Fsp3) is 0.480. The molecule has 1 saturated carbocycles. The van der Waals surface area contributed by atoms with E-state index < -0.39 is 11.7 Å². The van der Waals surface area contributed by atoms with Gasteiger partial charge in [-0.2, -0.15) is 0 Å². The second kappa shape index (κ2) is 8.81. The lowest BCUT2D eigenvalue weighted by Gasteiger charge is -2.22. The predicted molar refractivity (Wildman–Crippen MR) is 125 cm³/mol. The maximum absolute atomic E-state index is 13.1. The molecule has 32 heavy (non-hydrogen) atoms. The second-order valence-electron chi connectivity index (χ2n) is 9.54. The van der Waals surface area contributed by atoms with Crippen molar-refractivity contribution >= 4 is 27.8 Å². The molecule has 1 unspecified atom stereocenters. The molecule has 1 N–H and O–H groups in total. The first-order valence-corrected chi connectivity index (χ1v) is 11.3. The van der Waals surface area contributed by atoms with Gasteiger partial charge in [-0.25, -0.2) is 4.79 Å². The first-order valence-electron chi connectivity index (χ1n) is 11.3. The summed E-state index contributed by atoms with van der Waals surface area (Å²) in [4.78, 5) is 29.1. The van der Waals surface area contributed by atoms with Crippen molar-refractivity contribution in [1.82, 2.24) is 14.9 Å². The number of benzene rings is 1. The molecule has 4 rings (SSSR count). The molecule has 7 nitrogen and oxygen atoms in total. The number of hydrogen-bond donors (Lipinski definition) is 1. The van der Waals surface area contributed by atoms with Gasteiger partial charge in [0.25, 0.3) is 5.56 Å². The third-order valence-electron chi connectivity index (χ3n) is 5.51. The number of ether oxygens (including phenoxy) is 2. The summed E-state index contributed by atoms with van der Waals surface area (Å²) in [5.41, 5.74) is 0.419. The smallest absolute Gasteiger partial charge is 0.407 e. The zero-order valence-corrected chi connectivity index (χ0v) is 19.2. The number of amides is 1. The van der Waals surface area contributed by atoms with Crippen molar-refractivity contribution in [3.8, 4) is 5.75 Å². The number of fused-ring (bicyclic) bond motifs is 3. The Balaban J connectivity index is 1.43. The summed E-state index contributed by atoms with van der Waals surface area (Å²) in [6, 6.07) is 8.09. The van der Waals surface area contributed by atoms with Gasteiger partial charge in [-0.1, -0.05) is 0 Å². The standard InChI is InChI=1S/C25H31N3O4/c1-16(27-24(30)32-25(2,3)4)6-5-13-31-18-9-10-20-19-11-12-26-15-21(19)23(29)28(17-7-8-17)22(20)14-18/h9-12,14-17H,5-8,13H2,1-4H3,(H,27,30). The summed E-state index contributed by atoms with van der Waals surface area (Å²) in [6.45, 7) is 8.01. The van der Waals surface area contributed by atoms with Crippen molar-refractivity contribution in [2.45, 2.75) is 71.1 Å². The summed E-state index contributed by atoms with van der Waals surface area (Å²) in [5.74, 6) is 0.743. The first kappa shape index (κ1) is 22.1. The molecule has 0 radical (unpaired) electrons. The number of hydrogen-bond acceptors (Lipinski definition) is 5. The third-order valence-corrected chi connectivity index (χ3v) is 5.51. The summed E-state index contributed by atoms with van der Waals surface area (Å²) >= 11 is 0. The van der Waals surface area contributed by atoms with Crippen LogP contribution in [0.1, 0.15) is 59.4 Å². The fourth-order valence-corrected chi connectivity index (χ4v) is 3.92. The van der Waals surface area contributed by atoms with E-state index in [2.05, 4.69) is 10.3 Å². The van der Waals surface area contributed by atoms with Gasteiger partial charge in [0.05, 0.1) is 17.5 Å². The van der Waals surface area contributed by atoms with Crippen LogP contribution in [-0.2, 0) is 4.74 Å². The Kier molecular flexibility index (Phi) is 6.09. The van der Waals surface area contributed by atoms with Crippen LogP contribution in [0.15, 0.2) is 41.5 Å². The van der Waals surface area contributed by atoms with Crippen LogP contribution in [-0.4, -0.2) is 33.9 Å². The summed E-state index contributed by atoms with van der Waals surface area (Å²) in [7, 11) is 0. The molecular formula is C25H31N3O4. The van der Waals surface area contributed by atoms with E-state index in [9.17, 15) is 9.59 Å². The summed E-state index contributed by atoms with van der Waals surface area (Å²) < 4.78 is 13.2. The van der Waals surface area contributed by atoms with Gasteiger partial charge in [-0.05, 0) is 77.0 Å². The van der Waals surface area contributed by atoms with Gasteiger partial charge in [-0.3, -0.25) is 9.78 Å². The van der Waals surface area contributed by atoms with Crippen molar-refractivity contribution in [2.24, 2.45) is 0 Å². The molecule has 2 aromatic heterocycles. The average Bonchev–Trinajstić information content (AvgIpc) is 3.55. The number of nitrogens with one attached hydrogen (secondary N) is 1. The van der Waals surface area contributed by atoms with Crippen LogP contribution in [0.25, 0.3) is 21.7 Å². The van der Waals surface area contributed by atoms with Crippen molar-refractivity contribution in [2.75, 3.05) is 6.61 Å². The maximum atomic E-state index is 13.1. The number of carbonyl (C=O) groups is 1. The van der Waals surface area contributed by atoms with Crippen molar-refractivity contribution in [3.63, 3.8) is 0 Å². The zero-order chi connectivity index (χ0) is 22.9. The maximum Gasteiger partial charge on any atom is 0.407 e. The minimum Gasteiger partial charge on any atom is -0.494 e. The van der Waals surface area contributed by atoms with Crippen LogP contribution in [0.2, 0.25) is 0 Å². The molecule has 7 heteroatoms. The molecule has 1 fully saturated rings. The van der Waals surface area contributed by atoms with Gasteiger partial charge < -0.3 is 19.4 Å². The van der Waals surface area contributed by atoms with E-state index in [0.29, 0.717) is 12.0 Å². The van der Waals surface area contributed by atoms with Crippen LogP contribution in [0.3, 0.4) is 0 Å². The topological polar surface area (TPSA) is 82.5 Å². The fourth-order valence-electron chi connectivity index (χ4n) is 3.92. The van der Waals surface area contributed by atoms with Gasteiger partial charge >= 0.3 is 6.09 Å². The molecule has 0 saturated heterocycles. The first-order chi connectivity index (χ1) is 15.2. The van der Waals surface area contributed by atoms with Crippen LogP contribution in [0.5, 0.6) is 5.75 Å². The number of aromatic nitrogens is 2. The molecular weight excluding hydrogens is 406 g/mol. The SMILES string of the molecule is CC(CCCOc1ccc2c3ccncc3c(=O)n(C3CC3)c2c1)NC(=O)OC(C)(C)C. The number of rotatable bonds is 7. The predicted octanol–water partition coefficient (Wildman–Crippen LogP) is 4.96. The van der Waals surface area contributed by atoms with Gasteiger partial charge in [0.1, 0.15) is 11.4 Å². The van der Waals surface area contributed by atoms with E-state index in [1.165, 1.54) is 0 Å². The second-order valence-corrected chi connectivity index (χ2v) is 9.54. The normalized spacial score (nSPS) is 15.0.